The summed E-state index contributed by atoms with van der Waals surface area (Å²) in [7, 11) is 1.38. The maximum absolute atomic E-state index is 11.1. The molecule has 4 heteroatoms. The molecule has 0 fully saturated rings. The number of hydrogen-bond acceptors (Lipinski definition) is 4. The van der Waals surface area contributed by atoms with Gasteiger partial charge in [0.25, 0.3) is 0 Å². The molecule has 0 unspecified atom stereocenters. The number of carbonyl (C=O) groups is 1. The standard InChI is InChI=1S/C10H15NO3/c1-4-8-7(6-10(12)13-3)9(5-2)14-11-8/h4-6H2,1-3H3. The molecule has 0 bridgehead atoms. The Bertz CT molecular complexity index is 296. The van der Waals surface area contributed by atoms with Crippen LogP contribution in [0.3, 0.4) is 0 Å². The molecule has 4 nitrogen and oxygen atoms in total. The van der Waals surface area contributed by atoms with Crippen molar-refractivity contribution in [3.63, 3.8) is 0 Å². The van der Waals surface area contributed by atoms with Gasteiger partial charge in [-0.3, -0.25) is 4.79 Å². The SMILES string of the molecule is CCc1noc(CC)c1CC(=O)OC. The van der Waals surface area contributed by atoms with Gasteiger partial charge in [0.05, 0.1) is 19.2 Å². The second-order valence-corrected chi connectivity index (χ2v) is 2.99. The van der Waals surface area contributed by atoms with Gasteiger partial charge in [-0.05, 0) is 6.42 Å². The quantitative estimate of drug-likeness (QED) is 0.686. The van der Waals surface area contributed by atoms with E-state index in [9.17, 15) is 4.79 Å². The number of aromatic nitrogens is 1. The topological polar surface area (TPSA) is 52.3 Å². The zero-order valence-electron chi connectivity index (χ0n) is 8.79. The molecule has 78 valence electrons. The van der Waals surface area contributed by atoms with Gasteiger partial charge in [0.2, 0.25) is 0 Å². The van der Waals surface area contributed by atoms with E-state index < -0.39 is 0 Å². The lowest BCUT2D eigenvalue weighted by atomic mass is 10.1. The van der Waals surface area contributed by atoms with E-state index in [1.165, 1.54) is 7.11 Å². The number of methoxy groups -OCH3 is 1. The van der Waals surface area contributed by atoms with Crippen LogP contribution in [0.2, 0.25) is 0 Å². The van der Waals surface area contributed by atoms with Gasteiger partial charge in [0.15, 0.2) is 0 Å². The zero-order chi connectivity index (χ0) is 10.6. The minimum atomic E-state index is -0.252. The summed E-state index contributed by atoms with van der Waals surface area (Å²) >= 11 is 0. The van der Waals surface area contributed by atoms with E-state index in [1.54, 1.807) is 0 Å². The Balaban J connectivity index is 2.90. The summed E-state index contributed by atoms with van der Waals surface area (Å²) in [6.45, 7) is 3.96. The molecule has 0 N–H and O–H groups in total. The number of rotatable bonds is 4. The van der Waals surface area contributed by atoms with Gasteiger partial charge in [-0.2, -0.15) is 0 Å². The van der Waals surface area contributed by atoms with Gasteiger partial charge in [0.1, 0.15) is 5.76 Å². The van der Waals surface area contributed by atoms with E-state index in [0.717, 1.165) is 29.9 Å². The minimum absolute atomic E-state index is 0.252. The van der Waals surface area contributed by atoms with Gasteiger partial charge < -0.3 is 9.26 Å². The van der Waals surface area contributed by atoms with Crippen LogP contribution in [0.25, 0.3) is 0 Å². The maximum atomic E-state index is 11.1. The predicted octanol–water partition coefficient (Wildman–Crippen LogP) is 1.51. The van der Waals surface area contributed by atoms with Crippen molar-refractivity contribution in [2.45, 2.75) is 33.1 Å². The summed E-state index contributed by atoms with van der Waals surface area (Å²) in [4.78, 5) is 11.1. The molecule has 0 saturated carbocycles. The normalized spacial score (nSPS) is 10.2. The third-order valence-corrected chi connectivity index (χ3v) is 2.16. The third-order valence-electron chi connectivity index (χ3n) is 2.16. The number of ether oxygens (including phenoxy) is 1. The summed E-state index contributed by atoms with van der Waals surface area (Å²) in [6.07, 6.45) is 1.78. The smallest absolute Gasteiger partial charge is 0.310 e. The lowest BCUT2D eigenvalue weighted by Crippen LogP contribution is -2.07. The number of aryl methyl sites for hydroxylation is 2. The molecule has 0 radical (unpaired) electrons. The molecular formula is C10H15NO3. The van der Waals surface area contributed by atoms with Crippen molar-refractivity contribution < 1.29 is 14.1 Å². The second-order valence-electron chi connectivity index (χ2n) is 2.99. The Labute approximate surface area is 83.2 Å². The van der Waals surface area contributed by atoms with Gasteiger partial charge in [-0.1, -0.05) is 19.0 Å². The Hall–Kier alpha value is -1.32. The molecule has 14 heavy (non-hydrogen) atoms. The Morgan fingerprint density at radius 1 is 1.43 bits per heavy atom. The summed E-state index contributed by atoms with van der Waals surface area (Å²) in [5.41, 5.74) is 1.74. The van der Waals surface area contributed by atoms with Crippen molar-refractivity contribution in [3.8, 4) is 0 Å². The van der Waals surface area contributed by atoms with Crippen LogP contribution in [0.4, 0.5) is 0 Å². The highest BCUT2D eigenvalue weighted by Gasteiger charge is 2.16. The molecule has 1 heterocycles. The van der Waals surface area contributed by atoms with Crippen LogP contribution in [-0.2, 0) is 28.8 Å². The van der Waals surface area contributed by atoms with Crippen LogP contribution in [0.1, 0.15) is 30.9 Å². The molecule has 0 aliphatic heterocycles. The Morgan fingerprint density at radius 3 is 2.64 bits per heavy atom. The van der Waals surface area contributed by atoms with Gasteiger partial charge in [-0.15, -0.1) is 0 Å². The number of carbonyl (C=O) groups excluding carboxylic acids is 1. The van der Waals surface area contributed by atoms with Crippen LogP contribution in [0.15, 0.2) is 4.52 Å². The van der Waals surface area contributed by atoms with Crippen molar-refractivity contribution in [1.82, 2.24) is 5.16 Å². The van der Waals surface area contributed by atoms with Crippen molar-refractivity contribution in [2.75, 3.05) is 7.11 Å². The van der Waals surface area contributed by atoms with Crippen molar-refractivity contribution in [3.05, 3.63) is 17.0 Å². The average Bonchev–Trinajstić information content (AvgIpc) is 2.60. The van der Waals surface area contributed by atoms with Crippen LogP contribution < -0.4 is 0 Å². The van der Waals surface area contributed by atoms with Crippen molar-refractivity contribution >= 4 is 5.97 Å². The summed E-state index contributed by atoms with van der Waals surface area (Å²) in [5, 5.41) is 3.91. The van der Waals surface area contributed by atoms with E-state index in [2.05, 4.69) is 9.89 Å². The van der Waals surface area contributed by atoms with Crippen molar-refractivity contribution in [2.24, 2.45) is 0 Å². The molecule has 1 rings (SSSR count). The average molecular weight is 197 g/mol. The molecule has 1 aromatic heterocycles. The van der Waals surface area contributed by atoms with Gasteiger partial charge in [0, 0.05) is 12.0 Å². The zero-order valence-corrected chi connectivity index (χ0v) is 8.79. The lowest BCUT2D eigenvalue weighted by molar-refractivity contribution is -0.139. The molecule has 0 aliphatic carbocycles. The molecular weight excluding hydrogens is 182 g/mol. The first-order valence-corrected chi connectivity index (χ1v) is 4.76. The molecule has 0 aromatic carbocycles. The third kappa shape index (κ3) is 2.13. The molecule has 0 atom stereocenters. The predicted molar refractivity (Wildman–Crippen MR) is 51.0 cm³/mol. The Kier molecular flexibility index (Phi) is 3.68. The highest BCUT2D eigenvalue weighted by atomic mass is 16.5. The fraction of sp³-hybridized carbons (Fsp3) is 0.600. The van der Waals surface area contributed by atoms with E-state index in [0.29, 0.717) is 0 Å². The van der Waals surface area contributed by atoms with Crippen LogP contribution >= 0.6 is 0 Å². The maximum Gasteiger partial charge on any atom is 0.310 e. The molecule has 0 aliphatic rings. The van der Waals surface area contributed by atoms with E-state index >= 15 is 0 Å². The van der Waals surface area contributed by atoms with Crippen molar-refractivity contribution in [1.29, 1.82) is 0 Å². The van der Waals surface area contributed by atoms with Gasteiger partial charge in [-0.25, -0.2) is 0 Å². The molecule has 0 amide bonds. The highest BCUT2D eigenvalue weighted by molar-refractivity contribution is 5.73. The number of esters is 1. The minimum Gasteiger partial charge on any atom is -0.469 e. The van der Waals surface area contributed by atoms with E-state index in [1.807, 2.05) is 13.8 Å². The number of hydrogen-bond donors (Lipinski definition) is 0. The number of nitrogens with zero attached hydrogens (tertiary/aromatic N) is 1. The van der Waals surface area contributed by atoms with Crippen LogP contribution in [0.5, 0.6) is 0 Å². The summed E-state index contributed by atoms with van der Waals surface area (Å²) < 4.78 is 9.74. The first kappa shape index (κ1) is 10.8. The van der Waals surface area contributed by atoms with E-state index in [4.69, 9.17) is 4.52 Å². The van der Waals surface area contributed by atoms with Crippen LogP contribution in [0, 0.1) is 0 Å². The first-order valence-electron chi connectivity index (χ1n) is 4.76. The Morgan fingerprint density at radius 2 is 2.14 bits per heavy atom. The van der Waals surface area contributed by atoms with Gasteiger partial charge >= 0.3 is 5.97 Å². The van der Waals surface area contributed by atoms with Crippen LogP contribution in [-0.4, -0.2) is 18.2 Å². The molecule has 1 aromatic rings. The first-order chi connectivity index (χ1) is 6.72. The summed E-state index contributed by atoms with van der Waals surface area (Å²) in [6, 6.07) is 0. The summed E-state index contributed by atoms with van der Waals surface area (Å²) in [5.74, 6) is 0.532. The molecule has 0 spiro atoms. The van der Waals surface area contributed by atoms with E-state index in [-0.39, 0.29) is 12.4 Å². The monoisotopic (exact) mass is 197 g/mol. The molecule has 0 saturated heterocycles. The fourth-order valence-corrected chi connectivity index (χ4v) is 1.35. The largest absolute Gasteiger partial charge is 0.469 e. The second kappa shape index (κ2) is 4.79. The fourth-order valence-electron chi connectivity index (χ4n) is 1.35. The lowest BCUT2D eigenvalue weighted by Gasteiger charge is -1.99. The highest BCUT2D eigenvalue weighted by Crippen LogP contribution is 2.16.